The van der Waals surface area contributed by atoms with Gasteiger partial charge in [-0.15, -0.1) is 0 Å². The number of carboxylic acids is 1. The average Bonchev–Trinajstić information content (AvgIpc) is 2.64. The molecule has 0 heterocycles. The van der Waals surface area contributed by atoms with Gasteiger partial charge in [0.05, 0.1) is 5.56 Å². The molecule has 17 heavy (non-hydrogen) atoms. The Balaban J connectivity index is 2.34. The highest BCUT2D eigenvalue weighted by molar-refractivity contribution is 5.94. The van der Waals surface area contributed by atoms with E-state index < -0.39 is 12.1 Å². The van der Waals surface area contributed by atoms with Gasteiger partial charge < -0.3 is 10.2 Å². The maximum absolute atomic E-state index is 11.1. The summed E-state index contributed by atoms with van der Waals surface area (Å²) in [7, 11) is 0. The standard InChI is InChI=1S/C14H10O3/c15-13-10-5-2-1-4-8(10)9-6-3-7-11(12(9)13)14(16)17/h1-7,13,15H,(H,16,17). The highest BCUT2D eigenvalue weighted by Crippen LogP contribution is 2.44. The molecule has 1 aliphatic rings. The Kier molecular flexibility index (Phi) is 2.03. The van der Waals surface area contributed by atoms with E-state index >= 15 is 0 Å². The molecule has 1 unspecified atom stereocenters. The molecule has 0 fully saturated rings. The van der Waals surface area contributed by atoms with Crippen LogP contribution >= 0.6 is 0 Å². The maximum Gasteiger partial charge on any atom is 0.336 e. The van der Waals surface area contributed by atoms with Crippen LogP contribution in [0.1, 0.15) is 27.6 Å². The quantitative estimate of drug-likeness (QED) is 0.785. The molecule has 0 bridgehead atoms. The van der Waals surface area contributed by atoms with Gasteiger partial charge in [-0.25, -0.2) is 4.79 Å². The fourth-order valence-corrected chi connectivity index (χ4v) is 2.42. The molecule has 84 valence electrons. The van der Waals surface area contributed by atoms with Crippen molar-refractivity contribution in [3.8, 4) is 11.1 Å². The summed E-state index contributed by atoms with van der Waals surface area (Å²) in [6.45, 7) is 0. The number of benzene rings is 2. The van der Waals surface area contributed by atoms with Gasteiger partial charge in [0.15, 0.2) is 0 Å². The number of fused-ring (bicyclic) bond motifs is 3. The molecule has 2 aromatic carbocycles. The highest BCUT2D eigenvalue weighted by atomic mass is 16.4. The number of carbonyl (C=O) groups is 1. The van der Waals surface area contributed by atoms with Crippen LogP contribution in [0.3, 0.4) is 0 Å². The molecule has 3 nitrogen and oxygen atoms in total. The number of hydrogen-bond donors (Lipinski definition) is 2. The van der Waals surface area contributed by atoms with Gasteiger partial charge >= 0.3 is 5.97 Å². The minimum Gasteiger partial charge on any atom is -0.478 e. The highest BCUT2D eigenvalue weighted by Gasteiger charge is 2.30. The first-order valence-electron chi connectivity index (χ1n) is 5.33. The van der Waals surface area contributed by atoms with E-state index in [1.54, 1.807) is 6.07 Å². The van der Waals surface area contributed by atoms with Gasteiger partial charge in [-0.2, -0.15) is 0 Å². The largest absolute Gasteiger partial charge is 0.478 e. The molecule has 2 aromatic rings. The molecule has 0 aliphatic heterocycles. The Morgan fingerprint density at radius 2 is 1.71 bits per heavy atom. The lowest BCUT2D eigenvalue weighted by atomic mass is 10.0. The fourth-order valence-electron chi connectivity index (χ4n) is 2.42. The van der Waals surface area contributed by atoms with E-state index in [4.69, 9.17) is 5.11 Å². The molecule has 1 aliphatic carbocycles. The summed E-state index contributed by atoms with van der Waals surface area (Å²) in [5, 5.41) is 19.3. The van der Waals surface area contributed by atoms with Gasteiger partial charge in [0.25, 0.3) is 0 Å². The molecular formula is C14H10O3. The van der Waals surface area contributed by atoms with Crippen molar-refractivity contribution in [2.75, 3.05) is 0 Å². The molecule has 0 amide bonds. The summed E-state index contributed by atoms with van der Waals surface area (Å²) in [5.74, 6) is -1.01. The van der Waals surface area contributed by atoms with Crippen LogP contribution in [0, 0.1) is 0 Å². The van der Waals surface area contributed by atoms with Gasteiger partial charge in [0, 0.05) is 5.56 Å². The van der Waals surface area contributed by atoms with Gasteiger partial charge in [0.2, 0.25) is 0 Å². The number of aliphatic hydroxyl groups excluding tert-OH is 1. The number of carboxylic acid groups (broad SMARTS) is 1. The zero-order valence-corrected chi connectivity index (χ0v) is 8.92. The molecule has 3 rings (SSSR count). The van der Waals surface area contributed by atoms with Crippen LogP contribution in [-0.4, -0.2) is 16.2 Å². The molecular weight excluding hydrogens is 216 g/mol. The van der Waals surface area contributed by atoms with Crippen LogP contribution in [0.5, 0.6) is 0 Å². The smallest absolute Gasteiger partial charge is 0.336 e. The number of hydrogen-bond acceptors (Lipinski definition) is 2. The van der Waals surface area contributed by atoms with Gasteiger partial charge in [0.1, 0.15) is 6.10 Å². The summed E-state index contributed by atoms with van der Waals surface area (Å²) in [4.78, 5) is 11.1. The molecule has 0 radical (unpaired) electrons. The summed E-state index contributed by atoms with van der Waals surface area (Å²) in [6, 6.07) is 12.5. The topological polar surface area (TPSA) is 57.5 Å². The van der Waals surface area contributed by atoms with Crippen LogP contribution in [0.2, 0.25) is 0 Å². The maximum atomic E-state index is 11.1. The Morgan fingerprint density at radius 3 is 2.47 bits per heavy atom. The fraction of sp³-hybridized carbons (Fsp3) is 0.0714. The van der Waals surface area contributed by atoms with Crippen LogP contribution in [0.25, 0.3) is 11.1 Å². The Morgan fingerprint density at radius 1 is 1.00 bits per heavy atom. The predicted octanol–water partition coefficient (Wildman–Crippen LogP) is 2.45. The molecule has 0 saturated heterocycles. The van der Waals surface area contributed by atoms with Crippen molar-refractivity contribution in [2.24, 2.45) is 0 Å². The van der Waals surface area contributed by atoms with E-state index in [1.165, 1.54) is 6.07 Å². The lowest BCUT2D eigenvalue weighted by Gasteiger charge is -2.08. The first kappa shape index (κ1) is 10.1. The zero-order chi connectivity index (χ0) is 12.0. The second-order valence-corrected chi connectivity index (χ2v) is 4.06. The summed E-state index contributed by atoms with van der Waals surface area (Å²) in [5.41, 5.74) is 3.18. The van der Waals surface area contributed by atoms with Crippen molar-refractivity contribution >= 4 is 5.97 Å². The third-order valence-electron chi connectivity index (χ3n) is 3.16. The molecule has 0 aromatic heterocycles. The third-order valence-corrected chi connectivity index (χ3v) is 3.16. The van der Waals surface area contributed by atoms with Crippen molar-refractivity contribution in [3.63, 3.8) is 0 Å². The van der Waals surface area contributed by atoms with Crippen molar-refractivity contribution in [3.05, 3.63) is 59.2 Å². The Labute approximate surface area is 98.0 Å². The summed E-state index contributed by atoms with van der Waals surface area (Å²) >= 11 is 0. The predicted molar refractivity (Wildman–Crippen MR) is 62.9 cm³/mol. The van der Waals surface area contributed by atoms with E-state index in [0.29, 0.717) is 5.56 Å². The molecule has 2 N–H and O–H groups in total. The molecule has 0 spiro atoms. The molecule has 0 saturated carbocycles. The SMILES string of the molecule is O=C(O)c1cccc2c1C(O)c1ccccc1-2. The Hall–Kier alpha value is -2.13. The van der Waals surface area contributed by atoms with Crippen LogP contribution < -0.4 is 0 Å². The van der Waals surface area contributed by atoms with Crippen LogP contribution in [0.15, 0.2) is 42.5 Å². The lowest BCUT2D eigenvalue weighted by Crippen LogP contribution is -2.05. The Bertz CT molecular complexity index is 617. The minimum absolute atomic E-state index is 0.172. The zero-order valence-electron chi connectivity index (χ0n) is 8.92. The van der Waals surface area contributed by atoms with Gasteiger partial charge in [-0.05, 0) is 22.8 Å². The van der Waals surface area contributed by atoms with E-state index in [2.05, 4.69) is 0 Å². The van der Waals surface area contributed by atoms with Crippen molar-refractivity contribution in [2.45, 2.75) is 6.10 Å². The van der Waals surface area contributed by atoms with Crippen molar-refractivity contribution in [1.29, 1.82) is 0 Å². The van der Waals surface area contributed by atoms with Gasteiger partial charge in [-0.1, -0.05) is 36.4 Å². The second kappa shape index (κ2) is 3.43. The summed E-state index contributed by atoms with van der Waals surface area (Å²) < 4.78 is 0. The van der Waals surface area contributed by atoms with E-state index in [0.717, 1.165) is 16.7 Å². The first-order chi connectivity index (χ1) is 8.20. The van der Waals surface area contributed by atoms with Gasteiger partial charge in [-0.3, -0.25) is 0 Å². The average molecular weight is 226 g/mol. The van der Waals surface area contributed by atoms with E-state index in [1.807, 2.05) is 30.3 Å². The van der Waals surface area contributed by atoms with Crippen LogP contribution in [0.4, 0.5) is 0 Å². The van der Waals surface area contributed by atoms with Crippen molar-refractivity contribution < 1.29 is 15.0 Å². The van der Waals surface area contributed by atoms with E-state index in [9.17, 15) is 9.90 Å². The first-order valence-corrected chi connectivity index (χ1v) is 5.33. The third kappa shape index (κ3) is 1.29. The van der Waals surface area contributed by atoms with E-state index in [-0.39, 0.29) is 5.56 Å². The number of aromatic carboxylic acids is 1. The molecule has 1 atom stereocenters. The number of aliphatic hydroxyl groups is 1. The monoisotopic (exact) mass is 226 g/mol. The lowest BCUT2D eigenvalue weighted by molar-refractivity contribution is 0.0692. The number of rotatable bonds is 1. The normalized spacial score (nSPS) is 16.4. The van der Waals surface area contributed by atoms with Crippen LogP contribution in [-0.2, 0) is 0 Å². The minimum atomic E-state index is -1.01. The summed E-state index contributed by atoms with van der Waals surface area (Å²) in [6.07, 6.45) is -0.839. The second-order valence-electron chi connectivity index (χ2n) is 4.06. The van der Waals surface area contributed by atoms with Crippen molar-refractivity contribution in [1.82, 2.24) is 0 Å². The molecule has 3 heteroatoms.